The number of carbonyl (C=O) groups excluding carboxylic acids is 2. The first-order chi connectivity index (χ1) is 14.5. The molecule has 1 fully saturated rings. The van der Waals surface area contributed by atoms with Crippen LogP contribution < -0.4 is 5.32 Å². The van der Waals surface area contributed by atoms with E-state index in [9.17, 15) is 18.4 Å². The molecule has 1 saturated heterocycles. The van der Waals surface area contributed by atoms with Gasteiger partial charge in [-0.25, -0.2) is 8.78 Å². The Morgan fingerprint density at radius 2 is 1.77 bits per heavy atom. The number of halogens is 2. The summed E-state index contributed by atoms with van der Waals surface area (Å²) < 4.78 is 27.0. The zero-order chi connectivity index (χ0) is 21.5. The lowest BCUT2D eigenvalue weighted by Crippen LogP contribution is -2.47. The largest absolute Gasteiger partial charge is 0.340 e. The summed E-state index contributed by atoms with van der Waals surface area (Å²) in [6, 6.07) is 12.9. The van der Waals surface area contributed by atoms with Crippen molar-refractivity contribution in [3.05, 3.63) is 71.3 Å². The van der Waals surface area contributed by atoms with Crippen LogP contribution in [0.2, 0.25) is 0 Å². The summed E-state index contributed by atoms with van der Waals surface area (Å²) in [6.07, 6.45) is 0.191. The predicted molar refractivity (Wildman–Crippen MR) is 111 cm³/mol. The monoisotopic (exact) mass is 415 g/mol. The van der Waals surface area contributed by atoms with Crippen LogP contribution in [0.4, 0.5) is 8.78 Å². The molecule has 30 heavy (non-hydrogen) atoms. The van der Waals surface area contributed by atoms with Crippen molar-refractivity contribution in [1.29, 1.82) is 0 Å². The average Bonchev–Trinajstić information content (AvgIpc) is 2.78. The van der Waals surface area contributed by atoms with Crippen molar-refractivity contribution in [2.75, 3.05) is 39.3 Å². The Morgan fingerprint density at radius 3 is 2.43 bits per heavy atom. The van der Waals surface area contributed by atoms with E-state index in [1.54, 1.807) is 9.80 Å². The van der Waals surface area contributed by atoms with E-state index in [4.69, 9.17) is 0 Å². The zero-order valence-corrected chi connectivity index (χ0v) is 17.1. The molecule has 0 spiro atoms. The number of hydrogen-bond donors (Lipinski definition) is 1. The second kappa shape index (κ2) is 10.3. The fourth-order valence-electron chi connectivity index (χ4n) is 3.61. The third kappa shape index (κ3) is 5.63. The van der Waals surface area contributed by atoms with Crippen molar-refractivity contribution in [3.63, 3.8) is 0 Å². The number of benzene rings is 2. The molecule has 0 radical (unpaired) electrons. The van der Waals surface area contributed by atoms with Gasteiger partial charge in [0.25, 0.3) is 5.91 Å². The van der Waals surface area contributed by atoms with E-state index >= 15 is 0 Å². The minimum absolute atomic E-state index is 0.00745. The van der Waals surface area contributed by atoms with E-state index < -0.39 is 17.5 Å². The van der Waals surface area contributed by atoms with Crippen molar-refractivity contribution in [2.24, 2.45) is 0 Å². The van der Waals surface area contributed by atoms with Crippen molar-refractivity contribution in [1.82, 2.24) is 15.1 Å². The van der Waals surface area contributed by atoms with Crippen molar-refractivity contribution in [2.45, 2.75) is 19.3 Å². The highest BCUT2D eigenvalue weighted by Gasteiger charge is 2.23. The maximum Gasteiger partial charge on any atom is 0.253 e. The van der Waals surface area contributed by atoms with Gasteiger partial charge in [0, 0.05) is 51.3 Å². The summed E-state index contributed by atoms with van der Waals surface area (Å²) in [7, 11) is 0. The molecule has 1 N–H and O–H groups in total. The molecule has 1 heterocycles. The number of amides is 2. The van der Waals surface area contributed by atoms with Gasteiger partial charge in [0.05, 0.1) is 0 Å². The van der Waals surface area contributed by atoms with Crippen molar-refractivity contribution >= 4 is 11.8 Å². The van der Waals surface area contributed by atoms with Crippen LogP contribution in [-0.2, 0) is 4.79 Å². The highest BCUT2D eigenvalue weighted by Crippen LogP contribution is 2.19. The minimum atomic E-state index is -1.06. The van der Waals surface area contributed by atoms with Gasteiger partial charge in [-0.1, -0.05) is 37.3 Å². The number of nitrogens with one attached hydrogen (secondary N) is 1. The van der Waals surface area contributed by atoms with E-state index in [1.165, 1.54) is 6.07 Å². The van der Waals surface area contributed by atoms with E-state index in [0.717, 1.165) is 30.8 Å². The van der Waals surface area contributed by atoms with Crippen LogP contribution in [0.15, 0.2) is 48.5 Å². The third-order valence-electron chi connectivity index (χ3n) is 5.38. The first-order valence-electron chi connectivity index (χ1n) is 10.2. The predicted octanol–water partition coefficient (Wildman–Crippen LogP) is 3.03. The minimum Gasteiger partial charge on any atom is -0.340 e. The van der Waals surface area contributed by atoms with Crippen molar-refractivity contribution in [3.8, 4) is 0 Å². The summed E-state index contributed by atoms with van der Waals surface area (Å²) in [4.78, 5) is 29.0. The normalized spacial score (nSPS) is 15.0. The third-order valence-corrected chi connectivity index (χ3v) is 5.38. The van der Waals surface area contributed by atoms with Gasteiger partial charge in [-0.3, -0.25) is 9.59 Å². The summed E-state index contributed by atoms with van der Waals surface area (Å²) in [5, 5.41) is 3.20. The summed E-state index contributed by atoms with van der Waals surface area (Å²) in [5.74, 6) is -2.45. The molecule has 1 aliphatic heterocycles. The fraction of sp³-hybridized carbons (Fsp3) is 0.391. The Hall–Kier alpha value is -2.80. The second-order valence-corrected chi connectivity index (χ2v) is 7.57. The molecular weight excluding hydrogens is 388 g/mol. The van der Waals surface area contributed by atoms with Crippen LogP contribution in [0.1, 0.15) is 35.2 Å². The molecule has 2 amide bonds. The molecule has 0 aromatic heterocycles. The van der Waals surface area contributed by atoms with Gasteiger partial charge in [0.1, 0.15) is 0 Å². The first-order valence-corrected chi connectivity index (χ1v) is 10.2. The lowest BCUT2D eigenvalue weighted by molar-refractivity contribution is -0.131. The van der Waals surface area contributed by atoms with E-state index in [2.05, 4.69) is 5.32 Å². The molecule has 7 heteroatoms. The summed E-state index contributed by atoms with van der Waals surface area (Å²) in [6.45, 7) is 5.41. The number of nitrogens with zero attached hydrogens (tertiary/aromatic N) is 2. The summed E-state index contributed by atoms with van der Waals surface area (Å²) >= 11 is 0. The molecule has 0 aliphatic carbocycles. The highest BCUT2D eigenvalue weighted by molar-refractivity contribution is 5.94. The van der Waals surface area contributed by atoms with Gasteiger partial charge in [0.2, 0.25) is 5.91 Å². The lowest BCUT2D eigenvalue weighted by Gasteiger charge is -2.30. The van der Waals surface area contributed by atoms with Gasteiger partial charge in [-0.05, 0) is 29.7 Å². The molecule has 3 rings (SSSR count). The Bertz CT molecular complexity index is 870. The maximum absolute atomic E-state index is 13.7. The van der Waals surface area contributed by atoms with Crippen LogP contribution in [0, 0.1) is 11.6 Å². The Kier molecular flexibility index (Phi) is 7.52. The standard InChI is InChI=1S/C23H27F2N3O2/c1-17(18-5-3-2-4-6-18)16-28(12-9-22(29)27-13-10-26-11-14-27)23(30)19-7-8-20(24)21(25)15-19/h2-8,15,17,26H,9-14,16H2,1H3. The zero-order valence-electron chi connectivity index (χ0n) is 17.1. The topological polar surface area (TPSA) is 52.7 Å². The molecule has 1 aliphatic rings. The Balaban J connectivity index is 1.73. The van der Waals surface area contributed by atoms with Gasteiger partial charge in [-0.2, -0.15) is 0 Å². The Labute approximate surface area is 175 Å². The number of rotatable bonds is 7. The number of piperazine rings is 1. The van der Waals surface area contributed by atoms with Crippen LogP contribution in [0.5, 0.6) is 0 Å². The van der Waals surface area contributed by atoms with Crippen LogP contribution >= 0.6 is 0 Å². The smallest absolute Gasteiger partial charge is 0.253 e. The molecule has 0 saturated carbocycles. The maximum atomic E-state index is 13.7. The number of hydrogen-bond acceptors (Lipinski definition) is 3. The molecule has 160 valence electrons. The number of carbonyl (C=O) groups is 2. The SMILES string of the molecule is CC(CN(CCC(=O)N1CCNCC1)C(=O)c1ccc(F)c(F)c1)c1ccccc1. The quantitative estimate of drug-likeness (QED) is 0.756. The fourth-order valence-corrected chi connectivity index (χ4v) is 3.61. The molecule has 1 unspecified atom stereocenters. The van der Waals surface area contributed by atoms with Crippen molar-refractivity contribution < 1.29 is 18.4 Å². The molecular formula is C23H27F2N3O2. The van der Waals surface area contributed by atoms with Gasteiger partial charge >= 0.3 is 0 Å². The molecule has 1 atom stereocenters. The molecule has 0 bridgehead atoms. The molecule has 2 aromatic rings. The second-order valence-electron chi connectivity index (χ2n) is 7.57. The van der Waals surface area contributed by atoms with E-state index in [0.29, 0.717) is 19.6 Å². The average molecular weight is 415 g/mol. The van der Waals surface area contributed by atoms with Gasteiger partial charge in [-0.15, -0.1) is 0 Å². The van der Waals surface area contributed by atoms with Crippen LogP contribution in [0.25, 0.3) is 0 Å². The van der Waals surface area contributed by atoms with E-state index in [-0.39, 0.29) is 30.4 Å². The Morgan fingerprint density at radius 1 is 1.07 bits per heavy atom. The first kappa shape index (κ1) is 21.9. The van der Waals surface area contributed by atoms with Gasteiger partial charge < -0.3 is 15.1 Å². The summed E-state index contributed by atoms with van der Waals surface area (Å²) in [5.41, 5.74) is 1.14. The lowest BCUT2D eigenvalue weighted by atomic mass is 10.00. The van der Waals surface area contributed by atoms with Crippen LogP contribution in [0.3, 0.4) is 0 Å². The van der Waals surface area contributed by atoms with E-state index in [1.807, 2.05) is 37.3 Å². The van der Waals surface area contributed by atoms with Gasteiger partial charge in [0.15, 0.2) is 11.6 Å². The van der Waals surface area contributed by atoms with Crippen LogP contribution in [-0.4, -0.2) is 60.9 Å². The molecule has 2 aromatic carbocycles. The molecule has 5 nitrogen and oxygen atoms in total. The highest BCUT2D eigenvalue weighted by atomic mass is 19.2.